The highest BCUT2D eigenvalue weighted by Gasteiger charge is 2.31. The fraction of sp³-hybridized carbons (Fsp3) is 0.323. The zero-order valence-electron chi connectivity index (χ0n) is 42.1. The zero-order valence-corrected chi connectivity index (χ0v) is 42.1. The van der Waals surface area contributed by atoms with Gasteiger partial charge in [-0.25, -0.2) is 4.98 Å². The number of phenolic OH excluding ortho intramolecular Hbond substituents is 1. The van der Waals surface area contributed by atoms with E-state index in [1.165, 1.54) is 16.7 Å². The van der Waals surface area contributed by atoms with E-state index in [9.17, 15) is 5.11 Å². The normalized spacial score (nSPS) is 12.8. The number of imidazole rings is 1. The van der Waals surface area contributed by atoms with Crippen molar-refractivity contribution in [1.29, 1.82) is 0 Å². The van der Waals surface area contributed by atoms with Crippen LogP contribution in [0, 0.1) is 0 Å². The number of benzene rings is 6. The first-order valence-electron chi connectivity index (χ1n) is 23.6. The van der Waals surface area contributed by atoms with E-state index in [0.717, 1.165) is 78.0 Å². The molecule has 0 atom stereocenters. The molecule has 0 amide bonds. The molecule has 4 heteroatoms. The fourth-order valence-electron chi connectivity index (χ4n) is 8.91. The highest BCUT2D eigenvalue weighted by atomic mass is 16.3. The molecule has 2 heterocycles. The average molecular weight is 872 g/mol. The van der Waals surface area contributed by atoms with Gasteiger partial charge in [-0.05, 0) is 132 Å². The third-order valence-electron chi connectivity index (χ3n) is 13.1. The van der Waals surface area contributed by atoms with Gasteiger partial charge in [-0.2, -0.15) is 0 Å². The highest BCUT2D eigenvalue weighted by Crippen LogP contribution is 2.47. The lowest BCUT2D eigenvalue weighted by Crippen LogP contribution is -2.18. The molecular formula is C62H69N3O. The van der Waals surface area contributed by atoms with E-state index in [2.05, 4.69) is 230 Å². The molecule has 0 unspecified atom stereocenters. The quantitative estimate of drug-likeness (QED) is 0.181. The molecule has 0 radical (unpaired) electrons. The van der Waals surface area contributed by atoms with Crippen molar-refractivity contribution in [3.05, 3.63) is 167 Å². The van der Waals surface area contributed by atoms with Gasteiger partial charge in [0, 0.05) is 28.6 Å². The number of aromatic hydroxyl groups is 1. The van der Waals surface area contributed by atoms with Crippen molar-refractivity contribution in [2.24, 2.45) is 0 Å². The number of hydrogen-bond acceptors (Lipinski definition) is 3. The maximum Gasteiger partial charge on any atom is 0.149 e. The Hall–Kier alpha value is -6.26. The Kier molecular flexibility index (Phi) is 11.6. The molecular weight excluding hydrogens is 803 g/mol. The van der Waals surface area contributed by atoms with Crippen LogP contribution in [0.4, 0.5) is 0 Å². The standard InChI is InChI=1S/C62H69N3O/c1-58(2,3)43-27-28-48(39-22-17-16-18-23-39)49(36-43)42-31-50(40-24-21-25-41(30-40)53-26-19-20-29-63-53)55-54(32-42)65(47-34-44(59(4,5)6)33-45(35-47)60(7,8)9)57(64-55)51-37-46(61(10,11)12)38-52(56(51)66)62(13,14)15/h16-38,66H,1-15H3. The summed E-state index contributed by atoms with van der Waals surface area (Å²) in [6, 6.07) is 48.6. The second kappa shape index (κ2) is 16.6. The lowest BCUT2D eigenvalue weighted by molar-refractivity contribution is 0.446. The van der Waals surface area contributed by atoms with E-state index in [0.29, 0.717) is 5.82 Å². The van der Waals surface area contributed by atoms with Gasteiger partial charge >= 0.3 is 0 Å². The monoisotopic (exact) mass is 872 g/mol. The first kappa shape index (κ1) is 46.3. The maximum absolute atomic E-state index is 12.7. The van der Waals surface area contributed by atoms with Gasteiger partial charge in [0.25, 0.3) is 0 Å². The highest BCUT2D eigenvalue weighted by molar-refractivity contribution is 6.01. The molecule has 8 aromatic rings. The summed E-state index contributed by atoms with van der Waals surface area (Å²) in [7, 11) is 0. The third-order valence-corrected chi connectivity index (χ3v) is 13.1. The van der Waals surface area contributed by atoms with E-state index in [1.807, 2.05) is 18.3 Å². The number of rotatable bonds is 6. The lowest BCUT2D eigenvalue weighted by atomic mass is 9.78. The molecule has 0 aliphatic heterocycles. The summed E-state index contributed by atoms with van der Waals surface area (Å²) < 4.78 is 2.35. The largest absolute Gasteiger partial charge is 0.507 e. The number of pyridine rings is 1. The SMILES string of the molecule is CC(C)(C)c1cc(-n2c(-c3cc(C(C)(C)C)cc(C(C)(C)C)c3O)nc3c(-c4cccc(-c5ccccn5)c4)cc(-c4cc(C(C)(C)C)ccc4-c4ccccc4)cc32)cc(C(C)(C)C)c1. The molecule has 0 fully saturated rings. The maximum atomic E-state index is 12.7. The molecule has 0 spiro atoms. The Bertz CT molecular complexity index is 3050. The second-order valence-corrected chi connectivity index (χ2v) is 23.5. The van der Waals surface area contributed by atoms with Crippen LogP contribution >= 0.6 is 0 Å². The van der Waals surface area contributed by atoms with Gasteiger partial charge in [0.1, 0.15) is 11.6 Å². The molecule has 6 aromatic carbocycles. The second-order valence-electron chi connectivity index (χ2n) is 23.5. The molecule has 0 aliphatic carbocycles. The van der Waals surface area contributed by atoms with Crippen LogP contribution in [-0.2, 0) is 27.1 Å². The number of aromatic nitrogens is 3. The van der Waals surface area contributed by atoms with E-state index < -0.39 is 0 Å². The zero-order chi connectivity index (χ0) is 47.7. The van der Waals surface area contributed by atoms with Crippen molar-refractivity contribution < 1.29 is 5.11 Å². The van der Waals surface area contributed by atoms with Gasteiger partial charge < -0.3 is 5.11 Å². The summed E-state index contributed by atoms with van der Waals surface area (Å²) in [4.78, 5) is 10.5. The topological polar surface area (TPSA) is 50.9 Å². The van der Waals surface area contributed by atoms with Crippen LogP contribution in [-0.4, -0.2) is 19.6 Å². The molecule has 0 aliphatic rings. The summed E-state index contributed by atoms with van der Waals surface area (Å²) in [5, 5.41) is 12.7. The predicted octanol–water partition coefficient (Wildman–Crippen LogP) is 16.9. The number of fused-ring (bicyclic) bond motifs is 1. The van der Waals surface area contributed by atoms with Crippen molar-refractivity contribution in [1.82, 2.24) is 14.5 Å². The van der Waals surface area contributed by atoms with Crippen LogP contribution in [0.1, 0.15) is 132 Å². The van der Waals surface area contributed by atoms with Gasteiger partial charge in [0.2, 0.25) is 0 Å². The summed E-state index contributed by atoms with van der Waals surface area (Å²) in [5.41, 5.74) is 17.0. The third kappa shape index (κ3) is 9.12. The van der Waals surface area contributed by atoms with Crippen LogP contribution in [0.25, 0.3) is 72.7 Å². The van der Waals surface area contributed by atoms with Crippen LogP contribution in [0.2, 0.25) is 0 Å². The molecule has 0 saturated heterocycles. The van der Waals surface area contributed by atoms with Crippen molar-refractivity contribution in [2.45, 2.75) is 131 Å². The Balaban J connectivity index is 1.60. The Morgan fingerprint density at radius 2 is 0.985 bits per heavy atom. The number of nitrogens with zero attached hydrogens (tertiary/aromatic N) is 3. The summed E-state index contributed by atoms with van der Waals surface area (Å²) in [5.74, 6) is 0.967. The van der Waals surface area contributed by atoms with Crippen LogP contribution in [0.3, 0.4) is 0 Å². The van der Waals surface area contributed by atoms with Crippen molar-refractivity contribution >= 4 is 11.0 Å². The van der Waals surface area contributed by atoms with E-state index >= 15 is 0 Å². The molecule has 4 nitrogen and oxygen atoms in total. The van der Waals surface area contributed by atoms with Crippen molar-refractivity contribution in [2.75, 3.05) is 0 Å². The minimum absolute atomic E-state index is 0.0834. The predicted molar refractivity (Wildman–Crippen MR) is 281 cm³/mol. The Morgan fingerprint density at radius 1 is 0.409 bits per heavy atom. The summed E-state index contributed by atoms with van der Waals surface area (Å²) >= 11 is 0. The molecule has 338 valence electrons. The molecule has 8 rings (SSSR count). The summed E-state index contributed by atoms with van der Waals surface area (Å²) in [6.45, 7) is 33.9. The molecule has 0 saturated carbocycles. The molecule has 66 heavy (non-hydrogen) atoms. The first-order valence-corrected chi connectivity index (χ1v) is 23.6. The van der Waals surface area contributed by atoms with Gasteiger partial charge in [0.15, 0.2) is 0 Å². The Morgan fingerprint density at radius 3 is 1.58 bits per heavy atom. The van der Waals surface area contributed by atoms with Gasteiger partial charge in [0.05, 0.1) is 22.3 Å². The minimum Gasteiger partial charge on any atom is -0.507 e. The van der Waals surface area contributed by atoms with Gasteiger partial charge in [-0.1, -0.05) is 183 Å². The number of phenols is 1. The van der Waals surface area contributed by atoms with Gasteiger partial charge in [-0.3, -0.25) is 9.55 Å². The first-order chi connectivity index (χ1) is 30.8. The van der Waals surface area contributed by atoms with Crippen LogP contribution in [0.15, 0.2) is 140 Å². The molecule has 0 bridgehead atoms. The lowest BCUT2D eigenvalue weighted by Gasteiger charge is -2.28. The summed E-state index contributed by atoms with van der Waals surface area (Å²) in [6.07, 6.45) is 1.85. The van der Waals surface area contributed by atoms with Crippen LogP contribution < -0.4 is 0 Å². The van der Waals surface area contributed by atoms with E-state index in [-0.39, 0.29) is 32.8 Å². The molecule has 1 N–H and O–H groups in total. The van der Waals surface area contributed by atoms with Gasteiger partial charge in [-0.15, -0.1) is 0 Å². The van der Waals surface area contributed by atoms with Crippen LogP contribution in [0.5, 0.6) is 5.75 Å². The van der Waals surface area contributed by atoms with Crippen molar-refractivity contribution in [3.63, 3.8) is 0 Å². The van der Waals surface area contributed by atoms with E-state index in [4.69, 9.17) is 9.97 Å². The minimum atomic E-state index is -0.335. The van der Waals surface area contributed by atoms with E-state index in [1.54, 1.807) is 0 Å². The molecule has 2 aromatic heterocycles. The fourth-order valence-corrected chi connectivity index (χ4v) is 8.91. The Labute approximate surface area is 394 Å². The number of hydrogen-bond donors (Lipinski definition) is 1. The van der Waals surface area contributed by atoms with Crippen molar-refractivity contribution in [3.8, 4) is 67.5 Å². The smallest absolute Gasteiger partial charge is 0.149 e. The average Bonchev–Trinajstić information content (AvgIpc) is 3.64.